The number of guanidine groups is 2. The van der Waals surface area contributed by atoms with E-state index in [1.165, 1.54) is 0 Å². The second-order valence-corrected chi connectivity index (χ2v) is 9.80. The topological polar surface area (TPSA) is 122 Å². The van der Waals surface area contributed by atoms with Gasteiger partial charge in [0.2, 0.25) is 11.9 Å². The Bertz CT molecular complexity index is 1740. The zero-order chi connectivity index (χ0) is 26.5. The van der Waals surface area contributed by atoms with E-state index in [1.807, 2.05) is 84.9 Å². The molecular formula is C30H26N10+2. The summed E-state index contributed by atoms with van der Waals surface area (Å²) < 4.78 is 0. The number of nitrogens with one attached hydrogen (secondary N) is 2. The van der Waals surface area contributed by atoms with Gasteiger partial charge in [-0.3, -0.25) is 0 Å². The van der Waals surface area contributed by atoms with Gasteiger partial charge in [-0.05, 0) is 36.4 Å². The molecule has 0 bridgehead atoms. The van der Waals surface area contributed by atoms with Crippen molar-refractivity contribution < 1.29 is 10.6 Å². The Morgan fingerprint density at radius 1 is 0.525 bits per heavy atom. The maximum atomic E-state index is 4.96. The van der Waals surface area contributed by atoms with Gasteiger partial charge in [0.1, 0.15) is 11.4 Å². The van der Waals surface area contributed by atoms with Crippen LogP contribution >= 0.6 is 0 Å². The number of rotatable bonds is 5. The van der Waals surface area contributed by atoms with Crippen molar-refractivity contribution in [3.05, 3.63) is 97.1 Å². The van der Waals surface area contributed by atoms with Crippen molar-refractivity contribution in [1.29, 1.82) is 0 Å². The maximum absolute atomic E-state index is 4.96. The molecule has 2 aliphatic heterocycles. The predicted molar refractivity (Wildman–Crippen MR) is 157 cm³/mol. The highest BCUT2D eigenvalue weighted by atomic mass is 15.4. The number of fused-ring (bicyclic) bond motifs is 4. The van der Waals surface area contributed by atoms with E-state index in [0.29, 0.717) is 13.1 Å². The third kappa shape index (κ3) is 3.90. The van der Waals surface area contributed by atoms with Crippen molar-refractivity contribution in [3.8, 4) is 0 Å². The highest BCUT2D eigenvalue weighted by molar-refractivity contribution is 5.98. The summed E-state index contributed by atoms with van der Waals surface area (Å²) in [7, 11) is 0. The van der Waals surface area contributed by atoms with E-state index in [9.17, 15) is 0 Å². The van der Waals surface area contributed by atoms with Crippen molar-refractivity contribution in [2.24, 2.45) is 9.98 Å². The SMILES string of the molecule is c1ccc2c(c1)N=C(N(CCN(C1=Nc3ccccc3[NH2+]1)c1nc3ccccc3[nH]1)c1nc3ccccc3[nH]1)[NH2+]2. The van der Waals surface area contributed by atoms with Gasteiger partial charge in [0, 0.05) is 12.1 Å². The third-order valence-corrected chi connectivity index (χ3v) is 7.28. The molecule has 4 aromatic carbocycles. The number of imidazole rings is 2. The van der Waals surface area contributed by atoms with Gasteiger partial charge in [0.05, 0.1) is 35.2 Å². The number of para-hydroxylation sites is 8. The summed E-state index contributed by atoms with van der Waals surface area (Å²) in [4.78, 5) is 31.1. The van der Waals surface area contributed by atoms with E-state index in [1.54, 1.807) is 0 Å². The molecule has 8 rings (SSSR count). The quantitative estimate of drug-likeness (QED) is 0.257. The van der Waals surface area contributed by atoms with Gasteiger partial charge in [-0.15, -0.1) is 0 Å². The monoisotopic (exact) mass is 526 g/mol. The first-order chi connectivity index (χ1) is 19.8. The summed E-state index contributed by atoms with van der Waals surface area (Å²) in [5, 5.41) is 4.23. The van der Waals surface area contributed by atoms with Crippen LogP contribution in [0.25, 0.3) is 22.1 Å². The summed E-state index contributed by atoms with van der Waals surface area (Å²) in [5.74, 6) is 3.17. The number of quaternary nitrogens is 2. The zero-order valence-corrected chi connectivity index (χ0v) is 21.5. The number of nitrogens with zero attached hydrogens (tertiary/aromatic N) is 6. The number of aromatic nitrogens is 4. The van der Waals surface area contributed by atoms with Crippen molar-refractivity contribution in [3.63, 3.8) is 0 Å². The van der Waals surface area contributed by atoms with Crippen molar-refractivity contribution in [2.45, 2.75) is 0 Å². The molecule has 0 aliphatic carbocycles. The maximum Gasteiger partial charge on any atom is 0.314 e. The summed E-state index contributed by atoms with van der Waals surface area (Å²) >= 11 is 0. The molecule has 0 amide bonds. The molecule has 6 aromatic rings. The van der Waals surface area contributed by atoms with Crippen LogP contribution in [0, 0.1) is 0 Å². The van der Waals surface area contributed by atoms with Crippen LogP contribution in [0.1, 0.15) is 0 Å². The number of benzene rings is 4. The average molecular weight is 527 g/mol. The summed E-state index contributed by atoms with van der Waals surface area (Å²) in [6.07, 6.45) is 0. The average Bonchev–Trinajstić information content (AvgIpc) is 3.78. The van der Waals surface area contributed by atoms with E-state index < -0.39 is 0 Å². The van der Waals surface area contributed by atoms with Gasteiger partial charge >= 0.3 is 11.9 Å². The lowest BCUT2D eigenvalue weighted by Crippen LogP contribution is -2.86. The van der Waals surface area contributed by atoms with Crippen LogP contribution in [-0.4, -0.2) is 44.9 Å². The molecule has 0 atom stereocenters. The molecular weight excluding hydrogens is 500 g/mol. The summed E-state index contributed by atoms with van der Waals surface area (Å²) in [6.45, 7) is 1.17. The van der Waals surface area contributed by atoms with Crippen LogP contribution in [0.4, 0.5) is 34.6 Å². The number of nitrogens with two attached hydrogens (primary N) is 2. The van der Waals surface area contributed by atoms with E-state index >= 15 is 0 Å². The molecule has 0 radical (unpaired) electrons. The Balaban J connectivity index is 1.17. The molecule has 10 nitrogen and oxygen atoms in total. The van der Waals surface area contributed by atoms with Crippen LogP contribution in [0.2, 0.25) is 0 Å². The second-order valence-electron chi connectivity index (χ2n) is 9.80. The van der Waals surface area contributed by atoms with Crippen LogP contribution in [0.5, 0.6) is 0 Å². The van der Waals surface area contributed by atoms with Gasteiger partial charge in [-0.2, -0.15) is 9.98 Å². The molecule has 2 aliphatic rings. The fourth-order valence-electron chi connectivity index (χ4n) is 5.28. The molecule has 40 heavy (non-hydrogen) atoms. The van der Waals surface area contributed by atoms with Gasteiger partial charge in [-0.1, -0.05) is 48.5 Å². The molecule has 6 N–H and O–H groups in total. The molecule has 10 heteroatoms. The van der Waals surface area contributed by atoms with Crippen LogP contribution in [0.3, 0.4) is 0 Å². The van der Waals surface area contributed by atoms with Crippen molar-refractivity contribution >= 4 is 68.6 Å². The van der Waals surface area contributed by atoms with Crippen molar-refractivity contribution in [1.82, 2.24) is 19.9 Å². The van der Waals surface area contributed by atoms with Gasteiger partial charge in [0.15, 0.2) is 11.4 Å². The highest BCUT2D eigenvalue weighted by Crippen LogP contribution is 2.27. The minimum atomic E-state index is 0.587. The van der Waals surface area contributed by atoms with E-state index in [0.717, 1.165) is 68.6 Å². The largest absolute Gasteiger partial charge is 0.324 e. The van der Waals surface area contributed by atoms with Gasteiger partial charge in [-0.25, -0.2) is 30.4 Å². The van der Waals surface area contributed by atoms with Crippen molar-refractivity contribution in [2.75, 3.05) is 22.9 Å². The number of aliphatic imine (C=N–C) groups is 2. The minimum Gasteiger partial charge on any atom is -0.324 e. The molecule has 2 aromatic heterocycles. The van der Waals surface area contributed by atoms with Gasteiger partial charge in [0.25, 0.3) is 0 Å². The molecule has 0 fully saturated rings. The normalized spacial score (nSPS) is 13.8. The molecule has 4 heterocycles. The highest BCUT2D eigenvalue weighted by Gasteiger charge is 2.32. The smallest absolute Gasteiger partial charge is 0.314 e. The summed E-state index contributed by atoms with van der Waals surface area (Å²) in [5.41, 5.74) is 7.89. The standard InChI is InChI=1S/C30H24N10/c1-2-10-20-19(9-1)31-27(32-20)39(28-33-21-11-3-4-12-22(21)34-28)17-18-40(29-35-23-13-5-6-14-24(23)36-29)30-37-25-15-7-8-16-26(25)38-30/h1-16H,17-18H2,(H,31,32)(H,33,34)(H,35,36)(H,37,38)/p+2. The predicted octanol–water partition coefficient (Wildman–Crippen LogP) is 3.54. The molecule has 0 saturated heterocycles. The van der Waals surface area contributed by atoms with E-state index in [4.69, 9.17) is 20.0 Å². The minimum absolute atomic E-state index is 0.587. The molecule has 0 spiro atoms. The first-order valence-corrected chi connectivity index (χ1v) is 13.3. The molecule has 194 valence electrons. The summed E-state index contributed by atoms with van der Waals surface area (Å²) in [6, 6.07) is 32.5. The first-order valence-electron chi connectivity index (χ1n) is 13.3. The third-order valence-electron chi connectivity index (χ3n) is 7.28. The Morgan fingerprint density at radius 3 is 1.40 bits per heavy atom. The van der Waals surface area contributed by atoms with Crippen LogP contribution in [0.15, 0.2) is 107 Å². The number of anilines is 2. The second kappa shape index (κ2) is 9.16. The lowest BCUT2D eigenvalue weighted by Gasteiger charge is -2.23. The Labute approximate surface area is 229 Å². The lowest BCUT2D eigenvalue weighted by atomic mass is 10.3. The lowest BCUT2D eigenvalue weighted by molar-refractivity contribution is -0.441. The fourth-order valence-corrected chi connectivity index (χ4v) is 5.28. The Hall–Kier alpha value is -5.32. The number of aromatic amines is 2. The Kier molecular flexibility index (Phi) is 5.18. The number of hydrogen-bond donors (Lipinski definition) is 4. The zero-order valence-electron chi connectivity index (χ0n) is 21.5. The van der Waals surface area contributed by atoms with Crippen LogP contribution in [-0.2, 0) is 0 Å². The Morgan fingerprint density at radius 2 is 0.950 bits per heavy atom. The number of H-pyrrole nitrogens is 2. The van der Waals surface area contributed by atoms with Gasteiger partial charge < -0.3 is 9.97 Å². The molecule has 0 unspecified atom stereocenters. The first kappa shape index (κ1) is 22.6. The molecule has 0 saturated carbocycles. The number of hydrogen-bond acceptors (Lipinski definition) is 6. The van der Waals surface area contributed by atoms with E-state index in [2.05, 4.69) is 42.5 Å². The van der Waals surface area contributed by atoms with Crippen LogP contribution < -0.4 is 20.4 Å². The fraction of sp³-hybridized carbons (Fsp3) is 0.0667. The van der Waals surface area contributed by atoms with E-state index in [-0.39, 0.29) is 0 Å².